The van der Waals surface area contributed by atoms with Gasteiger partial charge in [-0.15, -0.1) is 0 Å². The Kier molecular flexibility index (Phi) is 6.49. The van der Waals surface area contributed by atoms with Crippen molar-refractivity contribution in [1.82, 2.24) is 9.80 Å². The van der Waals surface area contributed by atoms with E-state index in [1.165, 1.54) is 5.56 Å². The van der Waals surface area contributed by atoms with Gasteiger partial charge in [0.25, 0.3) is 5.91 Å². The first-order chi connectivity index (χ1) is 13.2. The minimum absolute atomic E-state index is 0.00832. The molecule has 3 rings (SSSR count). The molecule has 0 radical (unpaired) electrons. The lowest BCUT2D eigenvalue weighted by Gasteiger charge is -2.34. The van der Waals surface area contributed by atoms with Gasteiger partial charge in [-0.2, -0.15) is 0 Å². The summed E-state index contributed by atoms with van der Waals surface area (Å²) in [5.41, 5.74) is 1.79. The lowest BCUT2D eigenvalue weighted by molar-refractivity contribution is 0.0647. The van der Waals surface area contributed by atoms with E-state index in [1.807, 2.05) is 23.1 Å². The molecule has 0 bridgehead atoms. The van der Waals surface area contributed by atoms with Crippen molar-refractivity contribution in [3.05, 3.63) is 65.7 Å². The fraction of sp³-hybridized carbons (Fsp3) is 0.318. The van der Waals surface area contributed by atoms with Gasteiger partial charge in [0, 0.05) is 38.8 Å². The number of benzene rings is 2. The highest BCUT2D eigenvalue weighted by molar-refractivity contribution is 5.97. The molecule has 0 aliphatic carbocycles. The number of piperazine rings is 1. The Morgan fingerprint density at radius 3 is 2.41 bits per heavy atom. The molecule has 1 aliphatic heterocycles. The Morgan fingerprint density at radius 2 is 1.74 bits per heavy atom. The van der Waals surface area contributed by atoms with Gasteiger partial charge >= 0.3 is 0 Å². The Balaban J connectivity index is 1.54. The SMILES string of the molecule is COc1ccc(C(=O)N2CCN(C/C=C/c3ccccc3)CC2)c(OC)c1. The molecule has 1 fully saturated rings. The monoisotopic (exact) mass is 366 g/mol. The lowest BCUT2D eigenvalue weighted by atomic mass is 10.1. The van der Waals surface area contributed by atoms with Crippen LogP contribution in [0.25, 0.3) is 6.08 Å². The quantitative estimate of drug-likeness (QED) is 0.788. The zero-order chi connectivity index (χ0) is 19.1. The highest BCUT2D eigenvalue weighted by atomic mass is 16.5. The molecule has 1 saturated heterocycles. The third-order valence-corrected chi connectivity index (χ3v) is 4.77. The van der Waals surface area contributed by atoms with Crippen LogP contribution in [0.2, 0.25) is 0 Å². The van der Waals surface area contributed by atoms with E-state index in [2.05, 4.69) is 29.2 Å². The highest BCUT2D eigenvalue weighted by Gasteiger charge is 2.24. The molecule has 5 heteroatoms. The summed E-state index contributed by atoms with van der Waals surface area (Å²) in [6.07, 6.45) is 4.32. The van der Waals surface area contributed by atoms with E-state index < -0.39 is 0 Å². The van der Waals surface area contributed by atoms with Crippen molar-refractivity contribution in [2.24, 2.45) is 0 Å². The van der Waals surface area contributed by atoms with Gasteiger partial charge in [-0.05, 0) is 17.7 Å². The van der Waals surface area contributed by atoms with Gasteiger partial charge in [0.1, 0.15) is 11.5 Å². The minimum Gasteiger partial charge on any atom is -0.497 e. The fourth-order valence-corrected chi connectivity index (χ4v) is 3.18. The van der Waals surface area contributed by atoms with Gasteiger partial charge in [-0.25, -0.2) is 0 Å². The van der Waals surface area contributed by atoms with Crippen molar-refractivity contribution < 1.29 is 14.3 Å². The molecular weight excluding hydrogens is 340 g/mol. The number of methoxy groups -OCH3 is 2. The zero-order valence-corrected chi connectivity index (χ0v) is 15.9. The van der Waals surface area contributed by atoms with Gasteiger partial charge < -0.3 is 14.4 Å². The fourth-order valence-electron chi connectivity index (χ4n) is 3.18. The lowest BCUT2D eigenvalue weighted by Crippen LogP contribution is -2.48. The minimum atomic E-state index is 0.00832. The summed E-state index contributed by atoms with van der Waals surface area (Å²) in [7, 11) is 3.17. The maximum absolute atomic E-state index is 12.9. The van der Waals surface area contributed by atoms with Crippen LogP contribution in [0.3, 0.4) is 0 Å². The average molecular weight is 366 g/mol. The van der Waals surface area contributed by atoms with Crippen LogP contribution < -0.4 is 9.47 Å². The molecule has 0 N–H and O–H groups in total. The molecule has 1 heterocycles. The van der Waals surface area contributed by atoms with Crippen LogP contribution in [0.15, 0.2) is 54.6 Å². The zero-order valence-electron chi connectivity index (χ0n) is 15.9. The molecule has 142 valence electrons. The Hall–Kier alpha value is -2.79. The summed E-state index contributed by atoms with van der Waals surface area (Å²) in [6.45, 7) is 4.05. The third-order valence-electron chi connectivity index (χ3n) is 4.77. The number of hydrogen-bond donors (Lipinski definition) is 0. The van der Waals surface area contributed by atoms with Crippen LogP contribution in [0.4, 0.5) is 0 Å². The van der Waals surface area contributed by atoms with Crippen LogP contribution >= 0.6 is 0 Å². The van der Waals surface area contributed by atoms with E-state index in [0.29, 0.717) is 30.2 Å². The van der Waals surface area contributed by atoms with E-state index in [0.717, 1.165) is 19.6 Å². The number of nitrogens with zero attached hydrogens (tertiary/aromatic N) is 2. The first-order valence-corrected chi connectivity index (χ1v) is 9.16. The number of amides is 1. The molecule has 1 amide bonds. The van der Waals surface area contributed by atoms with Crippen molar-refractivity contribution in [3.63, 3.8) is 0 Å². The molecule has 0 unspecified atom stereocenters. The summed E-state index contributed by atoms with van der Waals surface area (Å²) in [5, 5.41) is 0. The summed E-state index contributed by atoms with van der Waals surface area (Å²) in [6, 6.07) is 15.6. The highest BCUT2D eigenvalue weighted by Crippen LogP contribution is 2.26. The number of ether oxygens (including phenoxy) is 2. The largest absolute Gasteiger partial charge is 0.497 e. The van der Waals surface area contributed by atoms with Crippen LogP contribution in [0, 0.1) is 0 Å². The van der Waals surface area contributed by atoms with Gasteiger partial charge in [0.2, 0.25) is 0 Å². The van der Waals surface area contributed by atoms with E-state index in [9.17, 15) is 4.79 Å². The molecule has 1 aliphatic rings. The van der Waals surface area contributed by atoms with E-state index in [1.54, 1.807) is 32.4 Å². The van der Waals surface area contributed by atoms with Crippen molar-refractivity contribution >= 4 is 12.0 Å². The average Bonchev–Trinajstić information content (AvgIpc) is 2.74. The first-order valence-electron chi connectivity index (χ1n) is 9.16. The second kappa shape index (κ2) is 9.24. The van der Waals surface area contributed by atoms with Crippen LogP contribution in [-0.4, -0.2) is 62.7 Å². The molecular formula is C22H26N2O3. The molecule has 0 saturated carbocycles. The predicted octanol–water partition coefficient (Wildman–Crippen LogP) is 3.18. The first kappa shape index (κ1) is 19.0. The summed E-state index contributed by atoms with van der Waals surface area (Å²) in [5.74, 6) is 1.24. The summed E-state index contributed by atoms with van der Waals surface area (Å²) >= 11 is 0. The van der Waals surface area contributed by atoms with Crippen LogP contribution in [0.5, 0.6) is 11.5 Å². The normalized spacial score (nSPS) is 15.1. The van der Waals surface area contributed by atoms with Crippen LogP contribution in [0.1, 0.15) is 15.9 Å². The number of carbonyl (C=O) groups is 1. The molecule has 2 aromatic rings. The number of hydrogen-bond acceptors (Lipinski definition) is 4. The van der Waals surface area contributed by atoms with E-state index >= 15 is 0 Å². The second-order valence-electron chi connectivity index (χ2n) is 6.47. The van der Waals surface area contributed by atoms with Crippen LogP contribution in [-0.2, 0) is 0 Å². The van der Waals surface area contributed by atoms with Gasteiger partial charge in [0.05, 0.1) is 19.8 Å². The summed E-state index contributed by atoms with van der Waals surface area (Å²) < 4.78 is 10.6. The summed E-state index contributed by atoms with van der Waals surface area (Å²) in [4.78, 5) is 17.1. The van der Waals surface area contributed by atoms with E-state index in [4.69, 9.17) is 9.47 Å². The van der Waals surface area contributed by atoms with E-state index in [-0.39, 0.29) is 5.91 Å². The van der Waals surface area contributed by atoms with Crippen molar-refractivity contribution in [2.45, 2.75) is 0 Å². The third kappa shape index (κ3) is 4.89. The van der Waals surface area contributed by atoms with Gasteiger partial charge in [0.15, 0.2) is 0 Å². The Morgan fingerprint density at radius 1 is 1.00 bits per heavy atom. The molecule has 2 aromatic carbocycles. The number of rotatable bonds is 6. The second-order valence-corrected chi connectivity index (χ2v) is 6.47. The standard InChI is InChI=1S/C22H26N2O3/c1-26-19-10-11-20(21(17-19)27-2)22(25)24-15-13-23(14-16-24)12-6-9-18-7-4-3-5-8-18/h3-11,17H,12-16H2,1-2H3/b9-6+. The maximum atomic E-state index is 12.9. The van der Waals surface area contributed by atoms with Crippen molar-refractivity contribution in [1.29, 1.82) is 0 Å². The molecule has 5 nitrogen and oxygen atoms in total. The van der Waals surface area contributed by atoms with Crippen molar-refractivity contribution in [2.75, 3.05) is 46.9 Å². The molecule has 0 aromatic heterocycles. The Labute approximate surface area is 160 Å². The molecule has 0 spiro atoms. The molecule has 27 heavy (non-hydrogen) atoms. The topological polar surface area (TPSA) is 42.0 Å². The smallest absolute Gasteiger partial charge is 0.257 e. The van der Waals surface area contributed by atoms with Crippen molar-refractivity contribution in [3.8, 4) is 11.5 Å². The Bertz CT molecular complexity index is 781. The number of carbonyl (C=O) groups excluding carboxylic acids is 1. The maximum Gasteiger partial charge on any atom is 0.257 e. The molecule has 0 atom stereocenters. The van der Waals surface area contributed by atoms with Gasteiger partial charge in [-0.3, -0.25) is 9.69 Å². The predicted molar refractivity (Wildman–Crippen MR) is 107 cm³/mol. The van der Waals surface area contributed by atoms with Gasteiger partial charge in [-0.1, -0.05) is 42.5 Å².